The standard InChI is InChI=1S/C11H12N2O4S/c1-11(18-3)7-4-6(13(15)16)5-8(17-2)9(7)12-10(11)14/h4-5H,1-3H3,(H,12,14). The molecule has 0 saturated heterocycles. The summed E-state index contributed by atoms with van der Waals surface area (Å²) in [6, 6.07) is 2.73. The Hall–Kier alpha value is -1.76. The minimum Gasteiger partial charge on any atom is -0.494 e. The van der Waals surface area contributed by atoms with Crippen molar-refractivity contribution in [2.75, 3.05) is 18.7 Å². The molecule has 1 aromatic carbocycles. The van der Waals surface area contributed by atoms with Crippen LogP contribution in [0.3, 0.4) is 0 Å². The molecule has 1 atom stereocenters. The number of thioether (sulfide) groups is 1. The van der Waals surface area contributed by atoms with E-state index in [1.807, 2.05) is 0 Å². The van der Waals surface area contributed by atoms with Gasteiger partial charge in [0.05, 0.1) is 23.8 Å². The highest BCUT2D eigenvalue weighted by Crippen LogP contribution is 2.49. The van der Waals surface area contributed by atoms with Crippen molar-refractivity contribution < 1.29 is 14.5 Å². The van der Waals surface area contributed by atoms with Crippen LogP contribution in [0.1, 0.15) is 12.5 Å². The first kappa shape index (κ1) is 12.7. The number of nitro groups is 1. The lowest BCUT2D eigenvalue weighted by Gasteiger charge is -2.18. The molecule has 0 fully saturated rings. The van der Waals surface area contributed by atoms with Gasteiger partial charge in [-0.1, -0.05) is 0 Å². The average Bonchev–Trinajstić information content (AvgIpc) is 2.61. The molecule has 18 heavy (non-hydrogen) atoms. The third-order valence-corrected chi connectivity index (χ3v) is 4.33. The van der Waals surface area contributed by atoms with E-state index < -0.39 is 9.67 Å². The highest BCUT2D eigenvalue weighted by Gasteiger charge is 2.44. The molecule has 0 bridgehead atoms. The summed E-state index contributed by atoms with van der Waals surface area (Å²) in [6.07, 6.45) is 1.79. The lowest BCUT2D eigenvalue weighted by molar-refractivity contribution is -0.385. The summed E-state index contributed by atoms with van der Waals surface area (Å²) in [5.41, 5.74) is 1.03. The highest BCUT2D eigenvalue weighted by atomic mass is 32.2. The van der Waals surface area contributed by atoms with Gasteiger partial charge in [-0.25, -0.2) is 0 Å². The van der Waals surface area contributed by atoms with Crippen molar-refractivity contribution in [2.45, 2.75) is 11.7 Å². The summed E-state index contributed by atoms with van der Waals surface area (Å²) < 4.78 is 4.28. The molecule has 6 nitrogen and oxygen atoms in total. The molecule has 96 valence electrons. The number of nitro benzene ring substituents is 1. The van der Waals surface area contributed by atoms with Crippen molar-refractivity contribution in [1.29, 1.82) is 0 Å². The Labute approximate surface area is 108 Å². The topological polar surface area (TPSA) is 81.5 Å². The van der Waals surface area contributed by atoms with Crippen LogP contribution >= 0.6 is 11.8 Å². The van der Waals surface area contributed by atoms with Gasteiger partial charge in [0.25, 0.3) is 5.69 Å². The summed E-state index contributed by atoms with van der Waals surface area (Å²) >= 11 is 1.33. The normalized spacial score (nSPS) is 21.4. The molecule has 1 aliphatic rings. The van der Waals surface area contributed by atoms with E-state index in [1.165, 1.54) is 31.0 Å². The van der Waals surface area contributed by atoms with E-state index in [0.29, 0.717) is 17.0 Å². The zero-order valence-electron chi connectivity index (χ0n) is 10.1. The number of ether oxygens (including phenoxy) is 1. The predicted molar refractivity (Wildman–Crippen MR) is 69.1 cm³/mol. The van der Waals surface area contributed by atoms with E-state index in [1.54, 1.807) is 13.2 Å². The van der Waals surface area contributed by atoms with Crippen LogP contribution in [0.25, 0.3) is 0 Å². The molecule has 7 heteroatoms. The maximum Gasteiger partial charge on any atom is 0.273 e. The third kappa shape index (κ3) is 1.62. The number of fused-ring (bicyclic) bond motifs is 1. The van der Waals surface area contributed by atoms with Gasteiger partial charge < -0.3 is 10.1 Å². The molecule has 1 aliphatic heterocycles. The van der Waals surface area contributed by atoms with Gasteiger partial charge in [-0.15, -0.1) is 11.8 Å². The second-order valence-corrected chi connectivity index (χ2v) is 5.24. The van der Waals surface area contributed by atoms with E-state index >= 15 is 0 Å². The summed E-state index contributed by atoms with van der Waals surface area (Å²) in [5.74, 6) is 0.120. The lowest BCUT2D eigenvalue weighted by atomic mass is 10.0. The van der Waals surface area contributed by atoms with Crippen molar-refractivity contribution in [2.24, 2.45) is 0 Å². The number of hydrogen-bond acceptors (Lipinski definition) is 5. The molecule has 1 aromatic rings. The molecule has 0 spiro atoms. The number of carbonyl (C=O) groups is 1. The number of non-ortho nitro benzene ring substituents is 1. The number of carbonyl (C=O) groups excluding carboxylic acids is 1. The third-order valence-electron chi connectivity index (χ3n) is 3.11. The maximum absolute atomic E-state index is 12.0. The monoisotopic (exact) mass is 268 g/mol. The Kier molecular flexibility index (Phi) is 2.94. The van der Waals surface area contributed by atoms with Crippen LogP contribution in [0.2, 0.25) is 0 Å². The van der Waals surface area contributed by atoms with Crippen LogP contribution in [-0.4, -0.2) is 24.2 Å². The Morgan fingerprint density at radius 3 is 2.67 bits per heavy atom. The average molecular weight is 268 g/mol. The van der Waals surface area contributed by atoms with Crippen molar-refractivity contribution in [3.63, 3.8) is 0 Å². The van der Waals surface area contributed by atoms with Crippen LogP contribution in [0.4, 0.5) is 11.4 Å². The number of nitrogens with zero attached hydrogens (tertiary/aromatic N) is 1. The van der Waals surface area contributed by atoms with Crippen LogP contribution < -0.4 is 10.1 Å². The SMILES string of the molecule is COc1cc([N+](=O)[O-])cc2c1NC(=O)C2(C)SC. The fourth-order valence-corrected chi connectivity index (χ4v) is 2.55. The number of methoxy groups -OCH3 is 1. The smallest absolute Gasteiger partial charge is 0.273 e. The number of amides is 1. The van der Waals surface area contributed by atoms with Crippen molar-refractivity contribution in [3.8, 4) is 5.75 Å². The van der Waals surface area contributed by atoms with E-state index in [9.17, 15) is 14.9 Å². The Balaban J connectivity index is 2.70. The second-order valence-electron chi connectivity index (χ2n) is 4.02. The molecule has 1 heterocycles. The molecule has 0 radical (unpaired) electrons. The van der Waals surface area contributed by atoms with Gasteiger partial charge in [0.1, 0.15) is 10.5 Å². The minimum absolute atomic E-state index is 0.0811. The second kappa shape index (κ2) is 4.16. The van der Waals surface area contributed by atoms with Crippen LogP contribution in [0, 0.1) is 10.1 Å². The molecule has 1 amide bonds. The molecule has 0 saturated carbocycles. The van der Waals surface area contributed by atoms with Gasteiger partial charge in [-0.2, -0.15) is 0 Å². The quantitative estimate of drug-likeness (QED) is 0.671. The molecule has 2 rings (SSSR count). The molecule has 0 aromatic heterocycles. The Bertz CT molecular complexity index is 546. The van der Waals surface area contributed by atoms with E-state index in [-0.39, 0.29) is 11.6 Å². The van der Waals surface area contributed by atoms with Gasteiger partial charge >= 0.3 is 0 Å². The Morgan fingerprint density at radius 2 is 2.17 bits per heavy atom. The minimum atomic E-state index is -0.825. The first-order valence-electron chi connectivity index (χ1n) is 5.17. The number of anilines is 1. The number of nitrogens with one attached hydrogen (secondary N) is 1. The zero-order chi connectivity index (χ0) is 13.5. The van der Waals surface area contributed by atoms with Gasteiger partial charge in [-0.05, 0) is 13.2 Å². The maximum atomic E-state index is 12.0. The first-order chi connectivity index (χ1) is 8.43. The molecule has 0 aliphatic carbocycles. The van der Waals surface area contributed by atoms with E-state index in [2.05, 4.69) is 5.32 Å². The summed E-state index contributed by atoms with van der Waals surface area (Å²) in [5, 5.41) is 13.6. The first-order valence-corrected chi connectivity index (χ1v) is 6.40. The van der Waals surface area contributed by atoms with Crippen molar-refractivity contribution in [3.05, 3.63) is 27.8 Å². The number of hydrogen-bond donors (Lipinski definition) is 1. The van der Waals surface area contributed by atoms with Crippen LogP contribution in [0.15, 0.2) is 12.1 Å². The van der Waals surface area contributed by atoms with Crippen LogP contribution in [-0.2, 0) is 9.54 Å². The zero-order valence-corrected chi connectivity index (χ0v) is 11.0. The molecular formula is C11H12N2O4S. The predicted octanol–water partition coefficient (Wildman–Crippen LogP) is 2.13. The van der Waals surface area contributed by atoms with E-state index in [0.717, 1.165) is 0 Å². The van der Waals surface area contributed by atoms with Crippen molar-refractivity contribution in [1.82, 2.24) is 0 Å². The Morgan fingerprint density at radius 1 is 1.50 bits per heavy atom. The largest absolute Gasteiger partial charge is 0.494 e. The van der Waals surface area contributed by atoms with Gasteiger partial charge in [-0.3, -0.25) is 14.9 Å². The summed E-state index contributed by atoms with van der Waals surface area (Å²) in [7, 11) is 1.42. The van der Waals surface area contributed by atoms with Gasteiger partial charge in [0.2, 0.25) is 5.91 Å². The number of rotatable bonds is 3. The molecular weight excluding hydrogens is 256 g/mol. The summed E-state index contributed by atoms with van der Waals surface area (Å²) in [4.78, 5) is 22.4. The highest BCUT2D eigenvalue weighted by molar-refractivity contribution is 8.00. The lowest BCUT2D eigenvalue weighted by Crippen LogP contribution is -2.26. The van der Waals surface area contributed by atoms with Crippen molar-refractivity contribution >= 4 is 29.0 Å². The van der Waals surface area contributed by atoms with Crippen LogP contribution in [0.5, 0.6) is 5.75 Å². The van der Waals surface area contributed by atoms with Gasteiger partial charge in [0.15, 0.2) is 0 Å². The fraction of sp³-hybridized carbons (Fsp3) is 0.364. The summed E-state index contributed by atoms with van der Waals surface area (Å²) in [6.45, 7) is 1.74. The van der Waals surface area contributed by atoms with Gasteiger partial charge in [0, 0.05) is 11.6 Å². The van der Waals surface area contributed by atoms with E-state index in [4.69, 9.17) is 4.74 Å². The number of benzene rings is 1. The fourth-order valence-electron chi connectivity index (χ4n) is 1.93. The molecule has 1 N–H and O–H groups in total. The molecule has 1 unspecified atom stereocenters.